The molecule has 1 aliphatic heterocycles. The molecule has 0 N–H and O–H groups in total. The second-order valence-electron chi connectivity index (χ2n) is 4.13. The Hall–Kier alpha value is -0.820. The lowest BCUT2D eigenvalue weighted by molar-refractivity contribution is 0.245. The average Bonchev–Trinajstić information content (AvgIpc) is 2.38. The minimum Gasteiger partial charge on any atom is -0.297 e. The van der Waals surface area contributed by atoms with Gasteiger partial charge >= 0.3 is 0 Å². The molecule has 1 aliphatic rings. The zero-order valence-electron chi connectivity index (χ0n) is 9.42. The number of rotatable bonds is 3. The van der Waals surface area contributed by atoms with Crippen LogP contribution in [0.1, 0.15) is 26.7 Å². The Morgan fingerprint density at radius 3 is 2.36 bits per heavy atom. The number of hydrogen-bond acceptors (Lipinski definition) is 1. The van der Waals surface area contributed by atoms with E-state index in [0.29, 0.717) is 6.04 Å². The summed E-state index contributed by atoms with van der Waals surface area (Å²) in [5, 5.41) is 0. The minimum atomic E-state index is 0.620. The quantitative estimate of drug-likeness (QED) is 0.662. The van der Waals surface area contributed by atoms with E-state index in [1.54, 1.807) is 0 Å². The summed E-state index contributed by atoms with van der Waals surface area (Å²) in [7, 11) is 0. The number of nitrogens with zero attached hydrogens (tertiary/aromatic N) is 1. The fraction of sp³-hybridized carbons (Fsp3) is 0.538. The normalized spacial score (nSPS) is 19.6. The van der Waals surface area contributed by atoms with Crippen molar-refractivity contribution in [2.45, 2.75) is 32.7 Å². The first-order chi connectivity index (χ1) is 6.69. The predicted octanol–water partition coefficient (Wildman–Crippen LogP) is 3.16. The van der Waals surface area contributed by atoms with Crippen molar-refractivity contribution in [1.82, 2.24) is 4.90 Å². The van der Waals surface area contributed by atoms with Crippen LogP contribution in [0.2, 0.25) is 0 Å². The molecule has 0 aromatic heterocycles. The molecule has 78 valence electrons. The molecule has 1 nitrogen and oxygen atoms in total. The molecule has 0 unspecified atom stereocenters. The van der Waals surface area contributed by atoms with Crippen LogP contribution < -0.4 is 0 Å². The molecule has 0 saturated heterocycles. The molecular weight excluding hydrogens is 170 g/mol. The third-order valence-electron chi connectivity index (χ3n) is 2.90. The molecule has 1 heterocycles. The zero-order chi connectivity index (χ0) is 10.6. The summed E-state index contributed by atoms with van der Waals surface area (Å²) in [6.45, 7) is 14.5. The maximum absolute atomic E-state index is 3.89. The molecule has 0 aromatic rings. The van der Waals surface area contributed by atoms with Crippen LogP contribution in [0.4, 0.5) is 0 Å². The maximum Gasteiger partial charge on any atom is 0.0238 e. The van der Waals surface area contributed by atoms with Crippen LogP contribution >= 0.6 is 0 Å². The van der Waals surface area contributed by atoms with Gasteiger partial charge in [0, 0.05) is 12.6 Å². The lowest BCUT2D eigenvalue weighted by atomic mass is 10.0. The Morgan fingerprint density at radius 2 is 1.86 bits per heavy atom. The Labute approximate surface area is 87.8 Å². The summed E-state index contributed by atoms with van der Waals surface area (Å²) in [6.07, 6.45) is 6.35. The third kappa shape index (κ3) is 2.58. The van der Waals surface area contributed by atoms with E-state index in [1.165, 1.54) is 24.1 Å². The first kappa shape index (κ1) is 11.3. The van der Waals surface area contributed by atoms with E-state index in [-0.39, 0.29) is 0 Å². The Balaban J connectivity index is 2.83. The lowest BCUT2D eigenvalue weighted by Gasteiger charge is -2.25. The van der Waals surface area contributed by atoms with Gasteiger partial charge in [-0.1, -0.05) is 25.3 Å². The molecule has 0 spiro atoms. The van der Waals surface area contributed by atoms with Gasteiger partial charge in [0.25, 0.3) is 0 Å². The monoisotopic (exact) mass is 191 g/mol. The largest absolute Gasteiger partial charge is 0.297 e. The van der Waals surface area contributed by atoms with Crippen molar-refractivity contribution < 1.29 is 0 Å². The highest BCUT2D eigenvalue weighted by Gasteiger charge is 2.15. The summed E-state index contributed by atoms with van der Waals surface area (Å²) in [5.74, 6) is 0. The van der Waals surface area contributed by atoms with Gasteiger partial charge in [-0.25, -0.2) is 0 Å². The van der Waals surface area contributed by atoms with Gasteiger partial charge in [-0.3, -0.25) is 4.90 Å². The molecule has 14 heavy (non-hydrogen) atoms. The van der Waals surface area contributed by atoms with Gasteiger partial charge in [-0.2, -0.15) is 0 Å². The van der Waals surface area contributed by atoms with Gasteiger partial charge in [0.15, 0.2) is 0 Å². The van der Waals surface area contributed by atoms with Crippen LogP contribution in [0.3, 0.4) is 0 Å². The highest BCUT2D eigenvalue weighted by Crippen LogP contribution is 2.20. The molecule has 0 atom stereocenters. The van der Waals surface area contributed by atoms with E-state index < -0.39 is 0 Å². The third-order valence-corrected chi connectivity index (χ3v) is 2.90. The van der Waals surface area contributed by atoms with Crippen molar-refractivity contribution in [2.24, 2.45) is 0 Å². The fourth-order valence-corrected chi connectivity index (χ4v) is 1.90. The smallest absolute Gasteiger partial charge is 0.0238 e. The summed E-state index contributed by atoms with van der Waals surface area (Å²) in [4.78, 5) is 2.49. The number of allylic oxidation sites excluding steroid dienone is 2. The average molecular weight is 191 g/mol. The Bertz CT molecular complexity index is 248. The second kappa shape index (κ2) is 5.16. The Kier molecular flexibility index (Phi) is 4.15. The van der Waals surface area contributed by atoms with Gasteiger partial charge in [0.05, 0.1) is 0 Å². The zero-order valence-corrected chi connectivity index (χ0v) is 9.42. The highest BCUT2D eigenvalue weighted by molar-refractivity contribution is 5.33. The van der Waals surface area contributed by atoms with E-state index in [9.17, 15) is 0 Å². The van der Waals surface area contributed by atoms with Gasteiger partial charge in [-0.05, 0) is 44.4 Å². The molecule has 1 heteroatoms. The summed E-state index contributed by atoms with van der Waals surface area (Å²) >= 11 is 0. The van der Waals surface area contributed by atoms with E-state index in [2.05, 4.69) is 31.9 Å². The van der Waals surface area contributed by atoms with Crippen molar-refractivity contribution in [2.75, 3.05) is 13.1 Å². The fourth-order valence-electron chi connectivity index (χ4n) is 1.90. The standard InChI is InChI=1S/C13H21N/c1-5-12-8-7-9-14(11(3)4)10-13(12)6-2/h5-6,11H,1-2,7-10H2,3-4H3. The van der Waals surface area contributed by atoms with E-state index in [1.807, 2.05) is 12.2 Å². The van der Waals surface area contributed by atoms with Crippen LogP contribution in [-0.4, -0.2) is 24.0 Å². The lowest BCUT2D eigenvalue weighted by Crippen LogP contribution is -2.32. The molecule has 0 aliphatic carbocycles. The molecule has 0 amide bonds. The van der Waals surface area contributed by atoms with Crippen molar-refractivity contribution >= 4 is 0 Å². The molecular formula is C13H21N. The maximum atomic E-state index is 3.89. The van der Waals surface area contributed by atoms with Crippen molar-refractivity contribution in [1.29, 1.82) is 0 Å². The van der Waals surface area contributed by atoms with Crippen molar-refractivity contribution in [3.63, 3.8) is 0 Å². The van der Waals surface area contributed by atoms with Crippen LogP contribution in [-0.2, 0) is 0 Å². The Morgan fingerprint density at radius 1 is 1.21 bits per heavy atom. The van der Waals surface area contributed by atoms with Crippen LogP contribution in [0.25, 0.3) is 0 Å². The van der Waals surface area contributed by atoms with Crippen molar-refractivity contribution in [3.8, 4) is 0 Å². The molecule has 0 radical (unpaired) electrons. The predicted molar refractivity (Wildman–Crippen MR) is 63.4 cm³/mol. The number of hydrogen-bond donors (Lipinski definition) is 0. The molecule has 0 aromatic carbocycles. The van der Waals surface area contributed by atoms with Gasteiger partial charge in [0.2, 0.25) is 0 Å². The summed E-state index contributed by atoms with van der Waals surface area (Å²) in [6, 6.07) is 0.620. The molecule has 0 saturated carbocycles. The van der Waals surface area contributed by atoms with E-state index >= 15 is 0 Å². The topological polar surface area (TPSA) is 3.24 Å². The van der Waals surface area contributed by atoms with Crippen molar-refractivity contribution in [3.05, 3.63) is 36.5 Å². The van der Waals surface area contributed by atoms with Crippen LogP contribution in [0, 0.1) is 0 Å². The van der Waals surface area contributed by atoms with E-state index in [4.69, 9.17) is 0 Å². The van der Waals surface area contributed by atoms with Gasteiger partial charge in [-0.15, -0.1) is 0 Å². The van der Waals surface area contributed by atoms with Crippen LogP contribution in [0.5, 0.6) is 0 Å². The molecule has 0 fully saturated rings. The highest BCUT2D eigenvalue weighted by atomic mass is 15.1. The SMILES string of the molecule is C=CC1=C(C=C)CN(C(C)C)CCC1. The second-order valence-corrected chi connectivity index (χ2v) is 4.13. The molecule has 1 rings (SSSR count). The van der Waals surface area contributed by atoms with Crippen LogP contribution in [0.15, 0.2) is 36.5 Å². The molecule has 0 bridgehead atoms. The summed E-state index contributed by atoms with van der Waals surface area (Å²) < 4.78 is 0. The first-order valence-electron chi connectivity index (χ1n) is 5.40. The summed E-state index contributed by atoms with van der Waals surface area (Å²) in [5.41, 5.74) is 2.73. The van der Waals surface area contributed by atoms with Gasteiger partial charge in [0.1, 0.15) is 0 Å². The minimum absolute atomic E-state index is 0.620. The van der Waals surface area contributed by atoms with Gasteiger partial charge < -0.3 is 0 Å². The van der Waals surface area contributed by atoms with E-state index in [0.717, 1.165) is 13.0 Å². The first-order valence-corrected chi connectivity index (χ1v) is 5.40.